The Hall–Kier alpha value is -4.24. The van der Waals surface area contributed by atoms with Crippen molar-refractivity contribution in [3.63, 3.8) is 0 Å². The number of carbonyl (C=O) groups is 4. The zero-order valence-corrected chi connectivity index (χ0v) is 19.9. The number of carbonyl (C=O) groups excluding carboxylic acids is 4. The summed E-state index contributed by atoms with van der Waals surface area (Å²) in [6.07, 6.45) is 1.43. The number of amides is 2. The zero-order chi connectivity index (χ0) is 24.9. The Kier molecular flexibility index (Phi) is 7.07. The van der Waals surface area contributed by atoms with Gasteiger partial charge in [-0.25, -0.2) is 4.79 Å². The summed E-state index contributed by atoms with van der Waals surface area (Å²) in [5.41, 5.74) is 2.99. The van der Waals surface area contributed by atoms with Crippen LogP contribution in [-0.2, 0) is 14.3 Å². The molecule has 1 aliphatic heterocycles. The maximum absolute atomic E-state index is 13.1. The topological polar surface area (TPSA) is 111 Å². The fourth-order valence-electron chi connectivity index (χ4n) is 3.44. The number of hydrogen-bond donors (Lipinski definition) is 2. The lowest BCUT2D eigenvalue weighted by Crippen LogP contribution is -2.25. The molecule has 3 aromatic rings. The molecule has 2 amide bonds. The van der Waals surface area contributed by atoms with Gasteiger partial charge in [0.2, 0.25) is 5.91 Å². The molecule has 0 saturated carbocycles. The number of rotatable bonds is 7. The summed E-state index contributed by atoms with van der Waals surface area (Å²) in [5, 5.41) is 7.47. The van der Waals surface area contributed by atoms with Crippen molar-refractivity contribution in [1.82, 2.24) is 0 Å². The molecule has 0 fully saturated rings. The Morgan fingerprint density at radius 3 is 2.66 bits per heavy atom. The highest BCUT2D eigenvalue weighted by atomic mass is 32.1. The molecule has 8 nitrogen and oxygen atoms in total. The van der Waals surface area contributed by atoms with E-state index < -0.39 is 18.4 Å². The Bertz CT molecular complexity index is 1340. The molecule has 0 unspecified atom stereocenters. The Labute approximate surface area is 205 Å². The molecule has 0 saturated heterocycles. The highest BCUT2D eigenvalue weighted by Crippen LogP contribution is 2.36. The number of benzene rings is 2. The number of esters is 1. The van der Waals surface area contributed by atoms with E-state index in [0.717, 1.165) is 11.1 Å². The van der Waals surface area contributed by atoms with Crippen LogP contribution in [-0.4, -0.2) is 36.8 Å². The number of fused-ring (bicyclic) bond motifs is 1. The standard InChI is InChI=1S/C26H22N2O6S/c1-15(2)10-22(30)28-25-24(18(14-35-25)16-6-4-3-5-7-16)26(32)34-12-20(29)17-8-9-21-19(11-17)27-23(31)13-33-21/h3-11,14H,12-13H2,1-2H3,(H,27,31)(H,28,30). The van der Waals surface area contributed by atoms with Crippen LogP contribution in [0.5, 0.6) is 5.75 Å². The van der Waals surface area contributed by atoms with Crippen LogP contribution in [0.4, 0.5) is 10.7 Å². The van der Waals surface area contributed by atoms with Crippen molar-refractivity contribution in [3.05, 3.63) is 76.7 Å². The smallest absolute Gasteiger partial charge is 0.342 e. The van der Waals surface area contributed by atoms with Crippen LogP contribution < -0.4 is 15.4 Å². The first-order chi connectivity index (χ1) is 16.8. The molecule has 4 rings (SSSR count). The first-order valence-electron chi connectivity index (χ1n) is 10.7. The molecule has 9 heteroatoms. The molecule has 0 bridgehead atoms. The largest absolute Gasteiger partial charge is 0.482 e. The van der Waals surface area contributed by atoms with Crippen molar-refractivity contribution in [2.75, 3.05) is 23.8 Å². The number of anilines is 2. The SMILES string of the molecule is CC(C)=CC(=O)Nc1scc(-c2ccccc2)c1C(=O)OCC(=O)c1ccc2c(c1)NC(=O)CO2. The van der Waals surface area contributed by atoms with Crippen LogP contribution in [0.1, 0.15) is 34.6 Å². The number of thiophene rings is 1. The van der Waals surface area contributed by atoms with Crippen molar-refractivity contribution in [2.45, 2.75) is 13.8 Å². The summed E-state index contributed by atoms with van der Waals surface area (Å²) in [4.78, 5) is 49.7. The van der Waals surface area contributed by atoms with Crippen molar-refractivity contribution >= 4 is 45.6 Å². The van der Waals surface area contributed by atoms with Gasteiger partial charge in [0, 0.05) is 22.6 Å². The van der Waals surface area contributed by atoms with Crippen molar-refractivity contribution < 1.29 is 28.7 Å². The minimum Gasteiger partial charge on any atom is -0.482 e. The number of ketones is 1. The van der Waals surface area contributed by atoms with Gasteiger partial charge in [-0.05, 0) is 37.6 Å². The van der Waals surface area contributed by atoms with E-state index in [-0.39, 0.29) is 29.5 Å². The van der Waals surface area contributed by atoms with Gasteiger partial charge in [0.1, 0.15) is 16.3 Å². The van der Waals surface area contributed by atoms with E-state index in [0.29, 0.717) is 22.0 Å². The third-order valence-corrected chi connectivity index (χ3v) is 5.90. The van der Waals surface area contributed by atoms with Gasteiger partial charge >= 0.3 is 5.97 Å². The second-order valence-corrected chi connectivity index (χ2v) is 8.86. The lowest BCUT2D eigenvalue weighted by molar-refractivity contribution is -0.118. The highest BCUT2D eigenvalue weighted by Gasteiger charge is 2.24. The lowest BCUT2D eigenvalue weighted by Gasteiger charge is -2.18. The van der Waals surface area contributed by atoms with Crippen LogP contribution in [0.2, 0.25) is 0 Å². The minimum absolute atomic E-state index is 0.0885. The molecule has 2 aromatic carbocycles. The average Bonchev–Trinajstić information content (AvgIpc) is 3.25. The number of Topliss-reactive ketones (excluding diaryl/α,β-unsaturated/α-hetero) is 1. The van der Waals surface area contributed by atoms with Crippen molar-refractivity contribution in [2.24, 2.45) is 0 Å². The van der Waals surface area contributed by atoms with Crippen LogP contribution in [0.25, 0.3) is 11.1 Å². The van der Waals surface area contributed by atoms with Crippen molar-refractivity contribution in [3.8, 4) is 16.9 Å². The molecule has 35 heavy (non-hydrogen) atoms. The minimum atomic E-state index is -0.736. The molecule has 2 N–H and O–H groups in total. The van der Waals surface area contributed by atoms with Gasteiger partial charge in [-0.1, -0.05) is 35.9 Å². The zero-order valence-electron chi connectivity index (χ0n) is 19.0. The van der Waals surface area contributed by atoms with Crippen LogP contribution in [0, 0.1) is 0 Å². The highest BCUT2D eigenvalue weighted by molar-refractivity contribution is 7.15. The molecule has 0 spiro atoms. The summed E-state index contributed by atoms with van der Waals surface area (Å²) in [6.45, 7) is 2.98. The fourth-order valence-corrected chi connectivity index (χ4v) is 4.40. The second kappa shape index (κ2) is 10.4. The Morgan fingerprint density at radius 2 is 1.91 bits per heavy atom. The summed E-state index contributed by atoms with van der Waals surface area (Å²) in [5.74, 6) is -1.41. The molecule has 0 radical (unpaired) electrons. The molecule has 0 aliphatic carbocycles. The van der Waals surface area contributed by atoms with Crippen LogP contribution in [0.3, 0.4) is 0 Å². The number of nitrogens with one attached hydrogen (secondary N) is 2. The molecular formula is C26H22N2O6S. The van der Waals surface area contributed by atoms with E-state index in [9.17, 15) is 19.2 Å². The Balaban J connectivity index is 1.55. The van der Waals surface area contributed by atoms with Crippen LogP contribution >= 0.6 is 11.3 Å². The quantitative estimate of drug-likeness (QED) is 0.282. The fraction of sp³-hybridized carbons (Fsp3) is 0.154. The summed E-state index contributed by atoms with van der Waals surface area (Å²) >= 11 is 1.20. The average molecular weight is 491 g/mol. The van der Waals surface area contributed by atoms with E-state index in [4.69, 9.17) is 9.47 Å². The summed E-state index contributed by atoms with van der Waals surface area (Å²) in [6, 6.07) is 13.8. The third-order valence-electron chi connectivity index (χ3n) is 5.01. The first-order valence-corrected chi connectivity index (χ1v) is 11.6. The third kappa shape index (κ3) is 5.64. The van der Waals surface area contributed by atoms with Crippen LogP contribution in [0.15, 0.2) is 65.6 Å². The normalized spacial score (nSPS) is 12.0. The van der Waals surface area contributed by atoms with Gasteiger partial charge < -0.3 is 20.1 Å². The lowest BCUT2D eigenvalue weighted by atomic mass is 10.0. The van der Waals surface area contributed by atoms with E-state index >= 15 is 0 Å². The second-order valence-electron chi connectivity index (χ2n) is 7.98. The molecular weight excluding hydrogens is 468 g/mol. The van der Waals surface area contributed by atoms with Gasteiger partial charge in [-0.3, -0.25) is 14.4 Å². The van der Waals surface area contributed by atoms with Gasteiger partial charge in [0.05, 0.1) is 5.69 Å². The number of allylic oxidation sites excluding steroid dienone is 1. The van der Waals surface area contributed by atoms with Gasteiger partial charge in [-0.15, -0.1) is 11.3 Å². The molecule has 0 atom stereocenters. The van der Waals surface area contributed by atoms with E-state index in [2.05, 4.69) is 10.6 Å². The monoisotopic (exact) mass is 490 g/mol. The molecule has 2 heterocycles. The maximum Gasteiger partial charge on any atom is 0.342 e. The van der Waals surface area contributed by atoms with E-state index in [1.807, 2.05) is 30.3 Å². The number of hydrogen-bond acceptors (Lipinski definition) is 7. The van der Waals surface area contributed by atoms with Gasteiger partial charge in [0.15, 0.2) is 19.0 Å². The molecule has 1 aliphatic rings. The Morgan fingerprint density at radius 1 is 1.14 bits per heavy atom. The predicted octanol–water partition coefficient (Wildman–Crippen LogP) is 4.69. The van der Waals surface area contributed by atoms with Gasteiger partial charge in [-0.2, -0.15) is 0 Å². The van der Waals surface area contributed by atoms with Crippen molar-refractivity contribution in [1.29, 1.82) is 0 Å². The van der Waals surface area contributed by atoms with Gasteiger partial charge in [0.25, 0.3) is 5.91 Å². The molecule has 178 valence electrons. The summed E-state index contributed by atoms with van der Waals surface area (Å²) < 4.78 is 10.7. The van der Waals surface area contributed by atoms with E-state index in [1.54, 1.807) is 25.3 Å². The number of ether oxygens (including phenoxy) is 2. The maximum atomic E-state index is 13.1. The summed E-state index contributed by atoms with van der Waals surface area (Å²) in [7, 11) is 0. The van der Waals surface area contributed by atoms with E-state index in [1.165, 1.54) is 29.5 Å². The predicted molar refractivity (Wildman–Crippen MR) is 133 cm³/mol. The first kappa shape index (κ1) is 23.9. The molecule has 1 aromatic heterocycles.